The number of aliphatic hydroxyl groups excluding tert-OH is 2. The number of rotatable bonds is 51. The fourth-order valence-electron chi connectivity index (χ4n) is 8.24. The Hall–Kier alpha value is -2.69. The smallest absolute Gasteiger partial charge is 0.220 e. The molecule has 0 bridgehead atoms. The van der Waals surface area contributed by atoms with Gasteiger partial charge in [-0.3, -0.25) is 4.79 Å². The lowest BCUT2D eigenvalue weighted by atomic mass is 10.0. The fraction of sp³-hybridized carbons (Fsp3) is 0.726. The van der Waals surface area contributed by atoms with Crippen molar-refractivity contribution in [1.29, 1.82) is 0 Å². The van der Waals surface area contributed by atoms with Crippen LogP contribution in [0.4, 0.5) is 0 Å². The van der Waals surface area contributed by atoms with Gasteiger partial charge >= 0.3 is 0 Å². The largest absolute Gasteiger partial charge is 0.394 e. The van der Waals surface area contributed by atoms with E-state index in [0.29, 0.717) is 6.42 Å². The maximum atomic E-state index is 12.5. The molecule has 0 aliphatic carbocycles. The van der Waals surface area contributed by atoms with Crippen molar-refractivity contribution in [3.05, 3.63) is 97.2 Å². The van der Waals surface area contributed by atoms with Crippen molar-refractivity contribution >= 4 is 5.91 Å². The monoisotopic (exact) mass is 916 g/mol. The van der Waals surface area contributed by atoms with Crippen LogP contribution in [0.3, 0.4) is 0 Å². The minimum atomic E-state index is -0.883. The molecule has 0 radical (unpaired) electrons. The van der Waals surface area contributed by atoms with E-state index in [4.69, 9.17) is 0 Å². The summed E-state index contributed by atoms with van der Waals surface area (Å²) in [7, 11) is 0. The second kappa shape index (κ2) is 56.6. The van der Waals surface area contributed by atoms with Gasteiger partial charge in [0, 0.05) is 6.42 Å². The Balaban J connectivity index is 3.60. The van der Waals surface area contributed by atoms with Crippen LogP contribution in [0, 0.1) is 0 Å². The van der Waals surface area contributed by atoms with Gasteiger partial charge in [0.15, 0.2) is 0 Å². The molecule has 2 atom stereocenters. The highest BCUT2D eigenvalue weighted by Crippen LogP contribution is 2.16. The molecule has 0 saturated heterocycles. The quantitative estimate of drug-likeness (QED) is 0.0421. The molecule has 0 aromatic carbocycles. The molecule has 3 N–H and O–H groups in total. The van der Waals surface area contributed by atoms with Crippen molar-refractivity contribution in [2.75, 3.05) is 6.61 Å². The first kappa shape index (κ1) is 63.3. The number of unbranched alkanes of at least 4 members (excludes halogenated alkanes) is 30. The number of aliphatic hydroxyl groups is 2. The van der Waals surface area contributed by atoms with E-state index in [0.717, 1.165) is 83.5 Å². The number of hydrogen-bond acceptors (Lipinski definition) is 3. The third kappa shape index (κ3) is 52.3. The third-order valence-corrected chi connectivity index (χ3v) is 12.5. The van der Waals surface area contributed by atoms with Crippen LogP contribution in [-0.4, -0.2) is 34.9 Å². The molecule has 0 aliphatic heterocycles. The van der Waals surface area contributed by atoms with Gasteiger partial charge < -0.3 is 15.5 Å². The van der Waals surface area contributed by atoms with Crippen molar-refractivity contribution in [2.45, 2.75) is 283 Å². The molecule has 380 valence electrons. The molecule has 0 aromatic heterocycles. The summed E-state index contributed by atoms with van der Waals surface area (Å²) < 4.78 is 0. The van der Waals surface area contributed by atoms with Crippen molar-refractivity contribution in [3.63, 3.8) is 0 Å². The predicted molar refractivity (Wildman–Crippen MR) is 294 cm³/mol. The van der Waals surface area contributed by atoms with Gasteiger partial charge in [-0.2, -0.15) is 0 Å². The Bertz CT molecular complexity index is 1220. The average molecular weight is 917 g/mol. The van der Waals surface area contributed by atoms with Gasteiger partial charge in [-0.25, -0.2) is 0 Å². The molecule has 0 aliphatic rings. The van der Waals surface area contributed by atoms with E-state index in [1.807, 2.05) is 6.08 Å². The molecule has 0 heterocycles. The van der Waals surface area contributed by atoms with Crippen LogP contribution in [0.15, 0.2) is 97.2 Å². The zero-order chi connectivity index (χ0) is 47.7. The second-order valence-corrected chi connectivity index (χ2v) is 19.0. The van der Waals surface area contributed by atoms with E-state index < -0.39 is 12.1 Å². The molecule has 0 rings (SSSR count). The van der Waals surface area contributed by atoms with Crippen LogP contribution in [0.2, 0.25) is 0 Å². The summed E-state index contributed by atoms with van der Waals surface area (Å²) >= 11 is 0. The molecule has 1 amide bonds. The minimum absolute atomic E-state index is 0.0913. The summed E-state index contributed by atoms with van der Waals surface area (Å²) in [4.78, 5) is 12.5. The zero-order valence-corrected chi connectivity index (χ0v) is 43.7. The van der Waals surface area contributed by atoms with Gasteiger partial charge in [0.05, 0.1) is 18.8 Å². The highest BCUT2D eigenvalue weighted by atomic mass is 16.3. The van der Waals surface area contributed by atoms with Gasteiger partial charge in [0.2, 0.25) is 5.91 Å². The van der Waals surface area contributed by atoms with Crippen LogP contribution < -0.4 is 5.32 Å². The summed E-state index contributed by atoms with van der Waals surface area (Å²) in [6, 6.07) is -0.660. The van der Waals surface area contributed by atoms with E-state index in [9.17, 15) is 15.0 Å². The van der Waals surface area contributed by atoms with E-state index in [2.05, 4.69) is 104 Å². The molecular weight excluding hydrogens is 807 g/mol. The second-order valence-electron chi connectivity index (χ2n) is 19.0. The predicted octanol–water partition coefficient (Wildman–Crippen LogP) is 18.9. The van der Waals surface area contributed by atoms with Crippen molar-refractivity contribution in [3.8, 4) is 0 Å². The molecule has 0 saturated carbocycles. The molecule has 0 aromatic rings. The van der Waals surface area contributed by atoms with Crippen LogP contribution in [-0.2, 0) is 4.79 Å². The van der Waals surface area contributed by atoms with Gasteiger partial charge in [-0.15, -0.1) is 0 Å². The molecule has 4 heteroatoms. The molecular formula is C62H109NO3. The summed E-state index contributed by atoms with van der Waals surface area (Å²) in [5, 5.41) is 23.1. The van der Waals surface area contributed by atoms with Crippen molar-refractivity contribution in [1.82, 2.24) is 5.32 Å². The molecule has 4 nitrogen and oxygen atoms in total. The van der Waals surface area contributed by atoms with E-state index >= 15 is 0 Å². The highest BCUT2D eigenvalue weighted by molar-refractivity contribution is 5.76. The lowest BCUT2D eigenvalue weighted by Crippen LogP contribution is -2.45. The Kier molecular flexibility index (Phi) is 54.3. The number of nitrogens with one attached hydrogen (secondary N) is 1. The van der Waals surface area contributed by atoms with Gasteiger partial charge in [-0.05, 0) is 89.9 Å². The van der Waals surface area contributed by atoms with Gasteiger partial charge in [0.25, 0.3) is 0 Å². The number of hydrogen-bond donors (Lipinski definition) is 3. The Morgan fingerprint density at radius 3 is 1.06 bits per heavy atom. The Morgan fingerprint density at radius 1 is 0.379 bits per heavy atom. The number of amides is 1. The lowest BCUT2D eigenvalue weighted by molar-refractivity contribution is -0.123. The summed E-state index contributed by atoms with van der Waals surface area (Å²) in [5.74, 6) is -0.0913. The minimum Gasteiger partial charge on any atom is -0.394 e. The van der Waals surface area contributed by atoms with Crippen LogP contribution in [0.25, 0.3) is 0 Å². The average Bonchev–Trinajstić information content (AvgIpc) is 3.32. The van der Waals surface area contributed by atoms with Crippen LogP contribution in [0.1, 0.15) is 271 Å². The van der Waals surface area contributed by atoms with E-state index in [-0.39, 0.29) is 12.5 Å². The standard InChI is InChI=1S/C62H109NO3/c1-3-5-7-9-11-13-15-17-19-21-23-25-27-28-29-30-31-32-33-34-36-37-39-41-43-45-47-49-51-53-55-57-61(65)60(59-64)63-62(66)58-56-54-52-50-48-46-44-42-40-38-35-26-24-22-20-18-16-14-12-10-8-6-4-2/h6,8,12,14,18,20,24,26,38-41,47,49,55,57,60-61,64-65H,3-5,7,9-11,13,15-17,19,21-23,25,27-37,42-46,48,50-54,56,58-59H2,1-2H3,(H,63,66)/b8-6-,14-12-,20-18-,26-24-,40-38-,41-39+,49-47+,57-55+. The van der Waals surface area contributed by atoms with Crippen LogP contribution in [0.5, 0.6) is 0 Å². The SMILES string of the molecule is CC/C=C\C/C=C\C/C=C\C/C=C\C/C=C\CCCCCCCCCC(=O)NC(CO)C(O)/C=C/CC/C=C/CC/C=C/CCCCCCCCCCCCCCCCCCCCCCC. The topological polar surface area (TPSA) is 69.6 Å². The first-order valence-corrected chi connectivity index (χ1v) is 28.5. The number of carbonyl (C=O) groups excluding carboxylic acids is 1. The van der Waals surface area contributed by atoms with E-state index in [1.165, 1.54) is 167 Å². The number of allylic oxidation sites excluding steroid dienone is 15. The molecule has 2 unspecified atom stereocenters. The van der Waals surface area contributed by atoms with Gasteiger partial charge in [0.1, 0.15) is 0 Å². The van der Waals surface area contributed by atoms with E-state index in [1.54, 1.807) is 6.08 Å². The molecule has 0 fully saturated rings. The van der Waals surface area contributed by atoms with Gasteiger partial charge in [-0.1, -0.05) is 272 Å². The summed E-state index contributed by atoms with van der Waals surface area (Å²) in [6.07, 6.45) is 84.3. The molecule has 0 spiro atoms. The highest BCUT2D eigenvalue weighted by Gasteiger charge is 2.17. The Morgan fingerprint density at radius 2 is 0.682 bits per heavy atom. The zero-order valence-electron chi connectivity index (χ0n) is 43.7. The lowest BCUT2D eigenvalue weighted by Gasteiger charge is -2.19. The normalized spacial score (nSPS) is 13.6. The summed E-state index contributed by atoms with van der Waals surface area (Å²) in [5.41, 5.74) is 0. The van der Waals surface area contributed by atoms with Crippen LogP contribution >= 0.6 is 0 Å². The maximum Gasteiger partial charge on any atom is 0.220 e. The molecule has 66 heavy (non-hydrogen) atoms. The third-order valence-electron chi connectivity index (χ3n) is 12.5. The number of carbonyl (C=O) groups is 1. The first-order valence-electron chi connectivity index (χ1n) is 28.5. The fourth-order valence-corrected chi connectivity index (χ4v) is 8.24. The van der Waals surface area contributed by atoms with Crippen molar-refractivity contribution < 1.29 is 15.0 Å². The maximum absolute atomic E-state index is 12.5. The van der Waals surface area contributed by atoms with Crippen molar-refractivity contribution in [2.24, 2.45) is 0 Å². The summed E-state index contributed by atoms with van der Waals surface area (Å²) in [6.45, 7) is 4.19. The first-order chi connectivity index (χ1) is 32.7. The Labute approximate surface area is 411 Å².